The minimum Gasteiger partial charge on any atom is -0.507 e. The summed E-state index contributed by atoms with van der Waals surface area (Å²) in [5.41, 5.74) is 0.0781. The van der Waals surface area contributed by atoms with Gasteiger partial charge in [-0.25, -0.2) is 0 Å². The molecule has 18 heavy (non-hydrogen) atoms. The summed E-state index contributed by atoms with van der Waals surface area (Å²) in [5.74, 6) is -0.872. The first-order chi connectivity index (χ1) is 8.45. The van der Waals surface area contributed by atoms with Gasteiger partial charge in [0.15, 0.2) is 0 Å². The largest absolute Gasteiger partial charge is 0.507 e. The van der Waals surface area contributed by atoms with Gasteiger partial charge in [-0.05, 0) is 25.1 Å². The monoisotopic (exact) mass is 270 g/mol. The lowest BCUT2D eigenvalue weighted by atomic mass is 10.2. The number of hydrogen-bond donors (Lipinski definition) is 2. The predicted octanol–water partition coefficient (Wildman–Crippen LogP) is 1.25. The number of likely N-dealkylation sites (N-methyl/N-ethyl adjacent to an activating group) is 2. The first kappa shape index (κ1) is 14.3. The maximum atomic E-state index is 12.0. The Morgan fingerprint density at radius 3 is 2.72 bits per heavy atom. The van der Waals surface area contributed by atoms with Crippen LogP contribution in [0.5, 0.6) is 5.75 Å². The average molecular weight is 271 g/mol. The fourth-order valence-electron chi connectivity index (χ4n) is 1.43. The molecule has 0 unspecified atom stereocenters. The van der Waals surface area contributed by atoms with Crippen molar-refractivity contribution < 1.29 is 14.7 Å². The number of nitrogens with one attached hydrogen (secondary N) is 1. The van der Waals surface area contributed by atoms with E-state index in [0.29, 0.717) is 11.6 Å². The standard InChI is InChI=1S/C12H15ClN2O3/c1-3-14-11(17)7-15(2)12(18)9-6-8(13)4-5-10(9)16/h4-6,16H,3,7H2,1-2H3,(H,14,17). The van der Waals surface area contributed by atoms with Crippen molar-refractivity contribution in [3.8, 4) is 5.75 Å². The molecule has 1 rings (SSSR count). The molecule has 1 aromatic carbocycles. The van der Waals surface area contributed by atoms with Gasteiger partial charge in [-0.15, -0.1) is 0 Å². The highest BCUT2D eigenvalue weighted by atomic mass is 35.5. The second-order valence-corrected chi connectivity index (χ2v) is 4.21. The molecule has 0 saturated carbocycles. The van der Waals surface area contributed by atoms with Crippen LogP contribution in [0.25, 0.3) is 0 Å². The van der Waals surface area contributed by atoms with E-state index in [9.17, 15) is 14.7 Å². The van der Waals surface area contributed by atoms with Gasteiger partial charge < -0.3 is 15.3 Å². The number of aromatic hydroxyl groups is 1. The molecule has 0 heterocycles. The molecule has 0 fully saturated rings. The van der Waals surface area contributed by atoms with Crippen LogP contribution in [0.3, 0.4) is 0 Å². The third-order valence-corrected chi connectivity index (χ3v) is 2.53. The van der Waals surface area contributed by atoms with E-state index in [-0.39, 0.29) is 23.8 Å². The van der Waals surface area contributed by atoms with Crippen LogP contribution in [-0.4, -0.2) is 42.0 Å². The number of phenols is 1. The highest BCUT2D eigenvalue weighted by Gasteiger charge is 2.18. The van der Waals surface area contributed by atoms with Gasteiger partial charge in [0.05, 0.1) is 12.1 Å². The minimum absolute atomic E-state index is 0.0708. The molecule has 0 radical (unpaired) electrons. The number of benzene rings is 1. The van der Waals surface area contributed by atoms with Crippen LogP contribution >= 0.6 is 11.6 Å². The van der Waals surface area contributed by atoms with Crippen LogP contribution in [0.1, 0.15) is 17.3 Å². The highest BCUT2D eigenvalue weighted by Crippen LogP contribution is 2.22. The Balaban J connectivity index is 2.80. The van der Waals surface area contributed by atoms with Crippen LogP contribution in [0.4, 0.5) is 0 Å². The predicted molar refractivity (Wildman–Crippen MR) is 68.8 cm³/mol. The summed E-state index contributed by atoms with van der Waals surface area (Å²) in [5, 5.41) is 12.5. The molecule has 0 spiro atoms. The molecule has 0 saturated heterocycles. The van der Waals surface area contributed by atoms with Crippen molar-refractivity contribution in [1.82, 2.24) is 10.2 Å². The zero-order valence-corrected chi connectivity index (χ0v) is 11.0. The lowest BCUT2D eigenvalue weighted by Gasteiger charge is -2.17. The van der Waals surface area contributed by atoms with Crippen LogP contribution in [-0.2, 0) is 4.79 Å². The quantitative estimate of drug-likeness (QED) is 0.865. The molecule has 1 aromatic rings. The fraction of sp³-hybridized carbons (Fsp3) is 0.333. The molecule has 0 aliphatic heterocycles. The lowest BCUT2D eigenvalue weighted by molar-refractivity contribution is -0.121. The molecular weight excluding hydrogens is 256 g/mol. The van der Waals surface area contributed by atoms with E-state index in [0.717, 1.165) is 0 Å². The van der Waals surface area contributed by atoms with Gasteiger partial charge in [-0.1, -0.05) is 11.6 Å². The Hall–Kier alpha value is -1.75. The summed E-state index contributed by atoms with van der Waals surface area (Å²) < 4.78 is 0. The fourth-order valence-corrected chi connectivity index (χ4v) is 1.60. The number of carbonyl (C=O) groups excluding carboxylic acids is 2. The third kappa shape index (κ3) is 3.63. The molecular formula is C12H15ClN2O3. The van der Waals surface area contributed by atoms with Crippen LogP contribution in [0.2, 0.25) is 5.02 Å². The summed E-state index contributed by atoms with van der Waals surface area (Å²) >= 11 is 5.76. The van der Waals surface area contributed by atoms with Gasteiger partial charge >= 0.3 is 0 Å². The SMILES string of the molecule is CCNC(=O)CN(C)C(=O)c1cc(Cl)ccc1O. The molecule has 0 aromatic heterocycles. The Labute approximate surface area is 110 Å². The topological polar surface area (TPSA) is 69.6 Å². The van der Waals surface area contributed by atoms with Crippen molar-refractivity contribution in [2.24, 2.45) is 0 Å². The summed E-state index contributed by atoms with van der Waals surface area (Å²) in [4.78, 5) is 24.6. The van der Waals surface area contributed by atoms with Crippen molar-refractivity contribution in [2.45, 2.75) is 6.92 Å². The number of phenolic OH excluding ortho intramolecular Hbond substituents is 1. The summed E-state index contributed by atoms with van der Waals surface area (Å²) in [6.45, 7) is 2.23. The van der Waals surface area contributed by atoms with Gasteiger partial charge in [0, 0.05) is 18.6 Å². The first-order valence-electron chi connectivity index (χ1n) is 5.46. The van der Waals surface area contributed by atoms with E-state index in [1.807, 2.05) is 0 Å². The summed E-state index contributed by atoms with van der Waals surface area (Å²) in [6, 6.07) is 4.19. The van der Waals surface area contributed by atoms with Gasteiger partial charge in [-0.3, -0.25) is 9.59 Å². The molecule has 0 bridgehead atoms. The van der Waals surface area contributed by atoms with Gasteiger partial charge in [0.1, 0.15) is 5.75 Å². The maximum absolute atomic E-state index is 12.0. The minimum atomic E-state index is -0.457. The number of hydrogen-bond acceptors (Lipinski definition) is 3. The van der Waals surface area contributed by atoms with Crippen molar-refractivity contribution in [3.63, 3.8) is 0 Å². The third-order valence-electron chi connectivity index (χ3n) is 2.29. The molecule has 0 aliphatic carbocycles. The second-order valence-electron chi connectivity index (χ2n) is 3.78. The van der Waals surface area contributed by atoms with E-state index >= 15 is 0 Å². The number of nitrogens with zero attached hydrogens (tertiary/aromatic N) is 1. The van der Waals surface area contributed by atoms with Crippen molar-refractivity contribution in [3.05, 3.63) is 28.8 Å². The lowest BCUT2D eigenvalue weighted by Crippen LogP contribution is -2.38. The summed E-state index contributed by atoms with van der Waals surface area (Å²) in [7, 11) is 1.48. The van der Waals surface area contributed by atoms with Gasteiger partial charge in [0.25, 0.3) is 5.91 Å². The van der Waals surface area contributed by atoms with E-state index in [1.54, 1.807) is 6.92 Å². The highest BCUT2D eigenvalue weighted by molar-refractivity contribution is 6.31. The number of amides is 2. The van der Waals surface area contributed by atoms with E-state index in [1.165, 1.54) is 30.1 Å². The molecule has 0 aliphatic rings. The van der Waals surface area contributed by atoms with Gasteiger partial charge in [0.2, 0.25) is 5.91 Å². The number of halogens is 1. The summed E-state index contributed by atoms with van der Waals surface area (Å²) in [6.07, 6.45) is 0. The molecule has 2 N–H and O–H groups in total. The normalized spacial score (nSPS) is 9.94. The zero-order chi connectivity index (χ0) is 13.7. The smallest absolute Gasteiger partial charge is 0.257 e. The van der Waals surface area contributed by atoms with Crippen molar-refractivity contribution in [2.75, 3.05) is 20.1 Å². The van der Waals surface area contributed by atoms with Crippen LogP contribution < -0.4 is 5.32 Å². The van der Waals surface area contributed by atoms with Crippen LogP contribution in [0, 0.1) is 0 Å². The van der Waals surface area contributed by atoms with E-state index in [4.69, 9.17) is 11.6 Å². The van der Waals surface area contributed by atoms with Gasteiger partial charge in [-0.2, -0.15) is 0 Å². The number of carbonyl (C=O) groups is 2. The average Bonchev–Trinajstić information content (AvgIpc) is 2.31. The molecule has 2 amide bonds. The van der Waals surface area contributed by atoms with E-state index < -0.39 is 5.91 Å². The molecule has 98 valence electrons. The number of rotatable bonds is 4. The Morgan fingerprint density at radius 2 is 2.11 bits per heavy atom. The molecule has 5 nitrogen and oxygen atoms in total. The van der Waals surface area contributed by atoms with Crippen molar-refractivity contribution >= 4 is 23.4 Å². The molecule has 6 heteroatoms. The second kappa shape index (κ2) is 6.26. The van der Waals surface area contributed by atoms with Crippen molar-refractivity contribution in [1.29, 1.82) is 0 Å². The van der Waals surface area contributed by atoms with Crippen LogP contribution in [0.15, 0.2) is 18.2 Å². The maximum Gasteiger partial charge on any atom is 0.257 e. The Morgan fingerprint density at radius 1 is 1.44 bits per heavy atom. The molecule has 0 atom stereocenters. The van der Waals surface area contributed by atoms with E-state index in [2.05, 4.69) is 5.32 Å². The Bertz CT molecular complexity index is 463. The zero-order valence-electron chi connectivity index (χ0n) is 10.2. The first-order valence-corrected chi connectivity index (χ1v) is 5.84. The Kier molecular flexibility index (Phi) is 4.97.